The van der Waals surface area contributed by atoms with E-state index in [1.165, 1.54) is 7.11 Å². The van der Waals surface area contributed by atoms with E-state index in [1.54, 1.807) is 35.6 Å². The zero-order chi connectivity index (χ0) is 16.5. The van der Waals surface area contributed by atoms with Crippen molar-refractivity contribution in [1.82, 2.24) is 0 Å². The maximum Gasteiger partial charge on any atom is 0.337 e. The molecular weight excluding hydrogens is 340 g/mol. The van der Waals surface area contributed by atoms with Crippen molar-refractivity contribution in [1.29, 1.82) is 0 Å². The Morgan fingerprint density at radius 2 is 2.05 bits per heavy atom. The molecule has 2 rings (SSSR count). The molecule has 1 atom stereocenters. The van der Waals surface area contributed by atoms with E-state index in [4.69, 9.17) is 5.11 Å². The predicted molar refractivity (Wildman–Crippen MR) is 93.5 cm³/mol. The standard InChI is InChI=1S/C8H8O2S.C7H8O2S2/c1-10-8(9)6-3-2-4-7(11)5-6;8-7(9)6(10)4-5-2-1-3-11-5/h2-5,11H,1H3;1-3,6,10H,4H2,(H,8,9). The van der Waals surface area contributed by atoms with Gasteiger partial charge in [-0.1, -0.05) is 12.1 Å². The van der Waals surface area contributed by atoms with E-state index in [0.29, 0.717) is 12.0 Å². The van der Waals surface area contributed by atoms with Crippen LogP contribution >= 0.6 is 36.6 Å². The summed E-state index contributed by atoms with van der Waals surface area (Å²) >= 11 is 9.55. The lowest BCUT2D eigenvalue weighted by atomic mass is 10.2. The number of thiol groups is 2. The van der Waals surface area contributed by atoms with Gasteiger partial charge >= 0.3 is 11.9 Å². The number of esters is 1. The molecule has 1 N–H and O–H groups in total. The molecule has 7 heteroatoms. The molecule has 1 aromatic carbocycles. The van der Waals surface area contributed by atoms with E-state index in [9.17, 15) is 9.59 Å². The Hall–Kier alpha value is -1.44. The molecule has 1 aromatic heterocycles. The third kappa shape index (κ3) is 6.55. The monoisotopic (exact) mass is 356 g/mol. The summed E-state index contributed by atoms with van der Waals surface area (Å²) in [7, 11) is 1.35. The topological polar surface area (TPSA) is 63.6 Å². The van der Waals surface area contributed by atoms with Crippen LogP contribution in [0.1, 0.15) is 15.2 Å². The lowest BCUT2D eigenvalue weighted by Gasteiger charge is -2.00. The van der Waals surface area contributed by atoms with Crippen molar-refractivity contribution in [3.8, 4) is 0 Å². The van der Waals surface area contributed by atoms with E-state index in [0.717, 1.165) is 9.77 Å². The molecule has 0 aliphatic carbocycles. The van der Waals surface area contributed by atoms with Crippen molar-refractivity contribution in [2.45, 2.75) is 16.6 Å². The zero-order valence-electron chi connectivity index (χ0n) is 11.8. The molecule has 0 amide bonds. The molecule has 0 aliphatic heterocycles. The summed E-state index contributed by atoms with van der Waals surface area (Å²) in [5.74, 6) is -1.19. The molecule has 0 bridgehead atoms. The summed E-state index contributed by atoms with van der Waals surface area (Å²) in [6.45, 7) is 0. The van der Waals surface area contributed by atoms with Gasteiger partial charge in [0.05, 0.1) is 12.7 Å². The van der Waals surface area contributed by atoms with Crippen molar-refractivity contribution in [3.63, 3.8) is 0 Å². The lowest BCUT2D eigenvalue weighted by molar-refractivity contribution is -0.136. The highest BCUT2D eigenvalue weighted by Crippen LogP contribution is 2.13. The first-order valence-electron chi connectivity index (χ1n) is 6.24. The molecule has 0 saturated heterocycles. The van der Waals surface area contributed by atoms with Gasteiger partial charge in [0.2, 0.25) is 0 Å². The summed E-state index contributed by atoms with van der Waals surface area (Å²) in [6, 6.07) is 10.7. The number of carboxylic acid groups (broad SMARTS) is 1. The number of hydrogen-bond donors (Lipinski definition) is 3. The predicted octanol–water partition coefficient (Wildman–Crippen LogP) is 3.44. The molecule has 118 valence electrons. The van der Waals surface area contributed by atoms with Gasteiger partial charge < -0.3 is 9.84 Å². The first kappa shape index (κ1) is 18.6. The summed E-state index contributed by atoms with van der Waals surface area (Å²) in [6.07, 6.45) is 0.510. The highest BCUT2D eigenvalue weighted by atomic mass is 32.1. The van der Waals surface area contributed by atoms with Crippen LogP contribution in [-0.4, -0.2) is 29.4 Å². The minimum absolute atomic E-state index is 0.332. The van der Waals surface area contributed by atoms with Gasteiger partial charge in [0.25, 0.3) is 0 Å². The van der Waals surface area contributed by atoms with Gasteiger partial charge in [-0.15, -0.1) is 24.0 Å². The number of thiophene rings is 1. The van der Waals surface area contributed by atoms with Gasteiger partial charge in [0, 0.05) is 16.2 Å². The summed E-state index contributed by atoms with van der Waals surface area (Å²) < 4.78 is 4.52. The van der Waals surface area contributed by atoms with Crippen LogP contribution < -0.4 is 0 Å². The van der Waals surface area contributed by atoms with Gasteiger partial charge in [-0.25, -0.2) is 4.79 Å². The summed E-state index contributed by atoms with van der Waals surface area (Å²) in [5, 5.41) is 9.86. The van der Waals surface area contributed by atoms with Crippen LogP contribution in [0.5, 0.6) is 0 Å². The second-order valence-corrected chi connectivity index (χ2v) is 6.35. The average molecular weight is 356 g/mol. The number of methoxy groups -OCH3 is 1. The Balaban J connectivity index is 0.000000220. The number of carbonyl (C=O) groups is 2. The largest absolute Gasteiger partial charge is 0.480 e. The molecular formula is C15H16O4S3. The van der Waals surface area contributed by atoms with Gasteiger partial charge in [-0.05, 0) is 29.6 Å². The normalized spacial score (nSPS) is 11.0. The quantitative estimate of drug-likeness (QED) is 0.580. The smallest absolute Gasteiger partial charge is 0.337 e. The molecule has 2 aromatic rings. The van der Waals surface area contributed by atoms with Crippen molar-refractivity contribution < 1.29 is 19.4 Å². The number of hydrogen-bond acceptors (Lipinski definition) is 6. The fourth-order valence-corrected chi connectivity index (χ4v) is 2.75. The van der Waals surface area contributed by atoms with Crippen LogP contribution in [0.3, 0.4) is 0 Å². The Morgan fingerprint density at radius 3 is 2.55 bits per heavy atom. The molecule has 1 unspecified atom stereocenters. The van der Waals surface area contributed by atoms with Gasteiger partial charge in [0.15, 0.2) is 0 Å². The number of rotatable bonds is 4. The average Bonchev–Trinajstić information content (AvgIpc) is 3.00. The summed E-state index contributed by atoms with van der Waals surface area (Å²) in [4.78, 5) is 23.1. The molecule has 22 heavy (non-hydrogen) atoms. The van der Waals surface area contributed by atoms with E-state index in [2.05, 4.69) is 30.0 Å². The Morgan fingerprint density at radius 1 is 1.32 bits per heavy atom. The van der Waals surface area contributed by atoms with Gasteiger partial charge in [-0.2, -0.15) is 12.6 Å². The van der Waals surface area contributed by atoms with Crippen molar-refractivity contribution >= 4 is 48.5 Å². The lowest BCUT2D eigenvalue weighted by Crippen LogP contribution is -2.15. The van der Waals surface area contributed by atoms with Crippen molar-refractivity contribution in [2.75, 3.05) is 7.11 Å². The maximum atomic E-state index is 10.9. The third-order valence-electron chi connectivity index (χ3n) is 2.53. The minimum atomic E-state index is -0.860. The number of benzene rings is 1. The third-order valence-corrected chi connectivity index (χ3v) is 4.11. The molecule has 0 aliphatic rings. The number of aliphatic carboxylic acids is 1. The fourth-order valence-electron chi connectivity index (χ4n) is 1.46. The van der Waals surface area contributed by atoms with E-state index in [1.807, 2.05) is 17.5 Å². The maximum absolute atomic E-state index is 10.9. The van der Waals surface area contributed by atoms with E-state index < -0.39 is 11.2 Å². The zero-order valence-corrected chi connectivity index (χ0v) is 14.4. The van der Waals surface area contributed by atoms with Crippen LogP contribution in [0.25, 0.3) is 0 Å². The number of carboxylic acids is 1. The first-order chi connectivity index (χ1) is 10.4. The molecule has 0 radical (unpaired) electrons. The van der Waals surface area contributed by atoms with Crippen molar-refractivity contribution in [3.05, 3.63) is 52.2 Å². The molecule has 0 spiro atoms. The van der Waals surface area contributed by atoms with Gasteiger partial charge in [0.1, 0.15) is 5.25 Å². The van der Waals surface area contributed by atoms with Crippen LogP contribution in [0.15, 0.2) is 46.7 Å². The van der Waals surface area contributed by atoms with E-state index >= 15 is 0 Å². The second-order valence-electron chi connectivity index (χ2n) is 4.18. The van der Waals surface area contributed by atoms with Crippen LogP contribution in [-0.2, 0) is 16.0 Å². The highest BCUT2D eigenvalue weighted by molar-refractivity contribution is 7.81. The van der Waals surface area contributed by atoms with Crippen LogP contribution in [0, 0.1) is 0 Å². The number of ether oxygens (including phenoxy) is 1. The van der Waals surface area contributed by atoms with Crippen LogP contribution in [0.2, 0.25) is 0 Å². The highest BCUT2D eigenvalue weighted by Gasteiger charge is 2.12. The summed E-state index contributed by atoms with van der Waals surface area (Å²) in [5.41, 5.74) is 0.528. The minimum Gasteiger partial charge on any atom is -0.480 e. The Kier molecular flexibility index (Phi) is 8.08. The van der Waals surface area contributed by atoms with Gasteiger partial charge in [-0.3, -0.25) is 4.79 Å². The number of carbonyl (C=O) groups excluding carboxylic acids is 1. The van der Waals surface area contributed by atoms with Crippen LogP contribution in [0.4, 0.5) is 0 Å². The molecule has 1 heterocycles. The molecule has 4 nitrogen and oxygen atoms in total. The first-order valence-corrected chi connectivity index (χ1v) is 8.09. The fraction of sp³-hybridized carbons (Fsp3) is 0.200. The molecule has 0 saturated carbocycles. The van der Waals surface area contributed by atoms with Crippen molar-refractivity contribution in [2.24, 2.45) is 0 Å². The Labute approximate surface area is 144 Å². The Bertz CT molecular complexity index is 611. The van der Waals surface area contributed by atoms with E-state index in [-0.39, 0.29) is 5.97 Å². The second kappa shape index (κ2) is 9.55. The SMILES string of the molecule is COC(=O)c1cccc(S)c1.O=C(O)C(S)Cc1cccs1. The molecule has 0 fully saturated rings.